The van der Waals surface area contributed by atoms with Gasteiger partial charge in [-0.2, -0.15) is 0 Å². The summed E-state index contributed by atoms with van der Waals surface area (Å²) in [6, 6.07) is 10.1. The molecule has 0 saturated carbocycles. The SMILES string of the molecule is CCCOc1c(Br)cc(C(=O)Oc2ccc(-n3cnnn3)cc2)cc1OC. The summed E-state index contributed by atoms with van der Waals surface area (Å²) in [5.41, 5.74) is 1.09. The largest absolute Gasteiger partial charge is 0.493 e. The number of rotatable bonds is 7. The first-order valence-electron chi connectivity index (χ1n) is 8.18. The predicted octanol–water partition coefficient (Wildman–Crippen LogP) is 3.44. The molecule has 1 aromatic heterocycles. The fourth-order valence-electron chi connectivity index (χ4n) is 2.29. The summed E-state index contributed by atoms with van der Waals surface area (Å²) in [6.07, 6.45) is 2.34. The van der Waals surface area contributed by atoms with E-state index in [1.807, 2.05) is 6.92 Å². The normalized spacial score (nSPS) is 10.5. The number of halogens is 1. The van der Waals surface area contributed by atoms with Crippen LogP contribution in [0.3, 0.4) is 0 Å². The van der Waals surface area contributed by atoms with E-state index in [4.69, 9.17) is 14.2 Å². The molecule has 0 aliphatic rings. The van der Waals surface area contributed by atoms with Crippen LogP contribution in [0.1, 0.15) is 23.7 Å². The second-order valence-corrected chi connectivity index (χ2v) is 6.33. The Bertz CT molecular complexity index is 914. The lowest BCUT2D eigenvalue weighted by atomic mass is 10.2. The number of carbonyl (C=O) groups excluding carboxylic acids is 1. The molecule has 0 aliphatic heterocycles. The first kappa shape index (κ1) is 18.8. The molecule has 0 atom stereocenters. The highest BCUT2D eigenvalue weighted by atomic mass is 79.9. The Hall–Kier alpha value is -2.94. The van der Waals surface area contributed by atoms with Crippen LogP contribution in [0.4, 0.5) is 0 Å². The molecule has 0 radical (unpaired) electrons. The summed E-state index contributed by atoms with van der Waals surface area (Å²) in [5, 5.41) is 11.0. The molecule has 9 heteroatoms. The molecule has 1 heterocycles. The van der Waals surface area contributed by atoms with Gasteiger partial charge in [-0.1, -0.05) is 6.92 Å². The highest BCUT2D eigenvalue weighted by Crippen LogP contribution is 2.37. The Kier molecular flexibility index (Phi) is 6.02. The maximum Gasteiger partial charge on any atom is 0.343 e. The maximum atomic E-state index is 12.5. The Morgan fingerprint density at radius 2 is 2.00 bits per heavy atom. The van der Waals surface area contributed by atoms with Crippen LogP contribution in [0, 0.1) is 0 Å². The van der Waals surface area contributed by atoms with E-state index in [-0.39, 0.29) is 0 Å². The number of hydrogen-bond donors (Lipinski definition) is 0. The number of aromatic nitrogens is 4. The van der Waals surface area contributed by atoms with Crippen LogP contribution in [0.15, 0.2) is 47.2 Å². The van der Waals surface area contributed by atoms with Crippen molar-refractivity contribution in [2.24, 2.45) is 0 Å². The van der Waals surface area contributed by atoms with Gasteiger partial charge >= 0.3 is 5.97 Å². The molecule has 0 aliphatic carbocycles. The molecule has 0 unspecified atom stereocenters. The van der Waals surface area contributed by atoms with Gasteiger partial charge in [-0.3, -0.25) is 0 Å². The molecular formula is C18H17BrN4O4. The summed E-state index contributed by atoms with van der Waals surface area (Å²) in [5.74, 6) is 0.907. The molecule has 0 spiro atoms. The van der Waals surface area contributed by atoms with Gasteiger partial charge in [0, 0.05) is 0 Å². The van der Waals surface area contributed by atoms with Crippen LogP contribution in [-0.4, -0.2) is 39.9 Å². The van der Waals surface area contributed by atoms with Crippen LogP contribution in [0.25, 0.3) is 5.69 Å². The lowest BCUT2D eigenvalue weighted by Crippen LogP contribution is -2.10. The van der Waals surface area contributed by atoms with Crippen LogP contribution in [-0.2, 0) is 0 Å². The molecule has 0 bridgehead atoms. The topological polar surface area (TPSA) is 88.4 Å². The third kappa shape index (κ3) is 4.43. The van der Waals surface area contributed by atoms with E-state index in [9.17, 15) is 4.79 Å². The molecule has 0 amide bonds. The highest BCUT2D eigenvalue weighted by Gasteiger charge is 2.17. The highest BCUT2D eigenvalue weighted by molar-refractivity contribution is 9.10. The molecule has 0 saturated heterocycles. The zero-order chi connectivity index (χ0) is 19.2. The molecular weight excluding hydrogens is 416 g/mol. The lowest BCUT2D eigenvalue weighted by Gasteiger charge is -2.13. The first-order chi connectivity index (χ1) is 13.1. The van der Waals surface area contributed by atoms with Crippen molar-refractivity contribution in [2.45, 2.75) is 13.3 Å². The van der Waals surface area contributed by atoms with Gasteiger partial charge in [-0.15, -0.1) is 5.10 Å². The van der Waals surface area contributed by atoms with Crippen LogP contribution in [0.2, 0.25) is 0 Å². The quantitative estimate of drug-likeness (QED) is 0.417. The zero-order valence-electron chi connectivity index (χ0n) is 14.8. The van der Waals surface area contributed by atoms with E-state index in [1.165, 1.54) is 18.1 Å². The van der Waals surface area contributed by atoms with Crippen molar-refractivity contribution >= 4 is 21.9 Å². The van der Waals surface area contributed by atoms with Gasteiger partial charge in [0.2, 0.25) is 0 Å². The van der Waals surface area contributed by atoms with E-state index in [2.05, 4.69) is 31.5 Å². The van der Waals surface area contributed by atoms with Crippen LogP contribution < -0.4 is 14.2 Å². The number of ether oxygens (including phenoxy) is 3. The second kappa shape index (κ2) is 8.63. The van der Waals surface area contributed by atoms with Crippen molar-refractivity contribution in [1.82, 2.24) is 20.2 Å². The Balaban J connectivity index is 1.76. The minimum absolute atomic E-state index is 0.340. The summed E-state index contributed by atoms with van der Waals surface area (Å²) >= 11 is 3.42. The van der Waals surface area contributed by atoms with Gasteiger partial charge in [0.1, 0.15) is 12.1 Å². The van der Waals surface area contributed by atoms with Gasteiger partial charge < -0.3 is 14.2 Å². The Morgan fingerprint density at radius 3 is 2.63 bits per heavy atom. The standard InChI is InChI=1S/C18H17BrN4O4/c1-3-8-26-17-15(19)9-12(10-16(17)25-2)18(24)27-14-6-4-13(5-7-14)23-11-20-21-22-23/h4-7,9-11H,3,8H2,1-2H3. The Morgan fingerprint density at radius 1 is 1.22 bits per heavy atom. The van der Waals surface area contributed by atoms with Crippen molar-refractivity contribution in [3.63, 3.8) is 0 Å². The fourth-order valence-corrected chi connectivity index (χ4v) is 2.85. The average molecular weight is 433 g/mol. The van der Waals surface area contributed by atoms with Crippen molar-refractivity contribution in [3.8, 4) is 22.9 Å². The molecule has 0 N–H and O–H groups in total. The van der Waals surface area contributed by atoms with Gasteiger partial charge in [0.25, 0.3) is 0 Å². The maximum absolute atomic E-state index is 12.5. The average Bonchev–Trinajstić information content (AvgIpc) is 3.21. The van der Waals surface area contributed by atoms with Crippen LogP contribution >= 0.6 is 15.9 Å². The van der Waals surface area contributed by atoms with Crippen molar-refractivity contribution in [2.75, 3.05) is 13.7 Å². The third-order valence-electron chi connectivity index (χ3n) is 3.58. The van der Waals surface area contributed by atoms with E-state index in [0.29, 0.717) is 33.9 Å². The molecule has 8 nitrogen and oxygen atoms in total. The molecule has 3 rings (SSSR count). The number of nitrogens with zero attached hydrogens (tertiary/aromatic N) is 4. The number of methoxy groups -OCH3 is 1. The van der Waals surface area contributed by atoms with Gasteiger partial charge in [0.05, 0.1) is 29.4 Å². The summed E-state index contributed by atoms with van der Waals surface area (Å²) in [4.78, 5) is 12.5. The van der Waals surface area contributed by atoms with Gasteiger partial charge in [-0.05, 0) is 69.2 Å². The van der Waals surface area contributed by atoms with Gasteiger partial charge in [0.15, 0.2) is 11.5 Å². The predicted molar refractivity (Wildman–Crippen MR) is 101 cm³/mol. The second-order valence-electron chi connectivity index (χ2n) is 5.48. The number of benzene rings is 2. The number of carbonyl (C=O) groups is 1. The van der Waals surface area contributed by atoms with Crippen molar-refractivity contribution in [3.05, 3.63) is 52.8 Å². The van der Waals surface area contributed by atoms with E-state index < -0.39 is 5.97 Å². The van der Waals surface area contributed by atoms with Crippen molar-refractivity contribution < 1.29 is 19.0 Å². The van der Waals surface area contributed by atoms with Crippen LogP contribution in [0.5, 0.6) is 17.2 Å². The fraction of sp³-hybridized carbons (Fsp3) is 0.222. The monoisotopic (exact) mass is 432 g/mol. The molecule has 3 aromatic rings. The van der Waals surface area contributed by atoms with E-state index in [0.717, 1.165) is 12.1 Å². The smallest absolute Gasteiger partial charge is 0.343 e. The van der Waals surface area contributed by atoms with E-state index >= 15 is 0 Å². The molecule has 0 fully saturated rings. The summed E-state index contributed by atoms with van der Waals surface area (Å²) in [7, 11) is 1.52. The number of esters is 1. The number of tetrazole rings is 1. The summed E-state index contributed by atoms with van der Waals surface area (Å²) in [6.45, 7) is 2.56. The minimum Gasteiger partial charge on any atom is -0.493 e. The van der Waals surface area contributed by atoms with Crippen molar-refractivity contribution in [1.29, 1.82) is 0 Å². The number of hydrogen-bond acceptors (Lipinski definition) is 7. The Labute approximate surface area is 164 Å². The molecule has 140 valence electrons. The third-order valence-corrected chi connectivity index (χ3v) is 4.17. The molecule has 27 heavy (non-hydrogen) atoms. The summed E-state index contributed by atoms with van der Waals surface area (Å²) < 4.78 is 18.6. The first-order valence-corrected chi connectivity index (χ1v) is 8.97. The van der Waals surface area contributed by atoms with Gasteiger partial charge in [-0.25, -0.2) is 9.48 Å². The lowest BCUT2D eigenvalue weighted by molar-refractivity contribution is 0.0734. The molecule has 2 aromatic carbocycles. The minimum atomic E-state index is -0.508. The van der Waals surface area contributed by atoms with E-state index in [1.54, 1.807) is 36.4 Å². The zero-order valence-corrected chi connectivity index (χ0v) is 16.3.